The molecule has 106 valence electrons. The molecule has 1 amide bonds. The third kappa shape index (κ3) is 3.04. The lowest BCUT2D eigenvalue weighted by molar-refractivity contribution is -0.115. The monoisotopic (exact) mass is 406 g/mol. The second-order valence-corrected chi connectivity index (χ2v) is 6.39. The molecule has 0 spiro atoms. The van der Waals surface area contributed by atoms with Crippen LogP contribution in [0.1, 0.15) is 5.56 Å². The SMILES string of the molecule is O=C(Cc1c[nH]c2ccccc12)Nc1c(Br)cccc1Br. The third-order valence-corrected chi connectivity index (χ3v) is 4.57. The normalized spacial score (nSPS) is 10.8. The van der Waals surface area contributed by atoms with Crippen molar-refractivity contribution in [1.82, 2.24) is 4.98 Å². The van der Waals surface area contributed by atoms with Gasteiger partial charge < -0.3 is 10.3 Å². The predicted molar refractivity (Wildman–Crippen MR) is 92.5 cm³/mol. The number of rotatable bonds is 3. The number of amides is 1. The van der Waals surface area contributed by atoms with Gasteiger partial charge in [-0.2, -0.15) is 0 Å². The summed E-state index contributed by atoms with van der Waals surface area (Å²) in [4.78, 5) is 15.4. The first-order chi connectivity index (χ1) is 10.1. The summed E-state index contributed by atoms with van der Waals surface area (Å²) in [6, 6.07) is 13.7. The molecule has 0 saturated carbocycles. The Balaban J connectivity index is 1.81. The molecular weight excluding hydrogens is 396 g/mol. The number of hydrogen-bond donors (Lipinski definition) is 2. The number of hydrogen-bond acceptors (Lipinski definition) is 1. The topological polar surface area (TPSA) is 44.9 Å². The molecule has 0 saturated heterocycles. The summed E-state index contributed by atoms with van der Waals surface area (Å²) in [6.45, 7) is 0. The molecule has 0 aliphatic heterocycles. The van der Waals surface area contributed by atoms with E-state index in [1.165, 1.54) is 0 Å². The van der Waals surface area contributed by atoms with Crippen LogP contribution in [0.15, 0.2) is 57.6 Å². The van der Waals surface area contributed by atoms with E-state index in [2.05, 4.69) is 42.2 Å². The Bertz CT molecular complexity index is 791. The molecule has 0 atom stereocenters. The van der Waals surface area contributed by atoms with E-state index in [4.69, 9.17) is 0 Å². The van der Waals surface area contributed by atoms with Gasteiger partial charge in [0, 0.05) is 26.0 Å². The number of para-hydroxylation sites is 2. The largest absolute Gasteiger partial charge is 0.361 e. The number of aromatic nitrogens is 1. The Morgan fingerprint density at radius 1 is 1.05 bits per heavy atom. The highest BCUT2D eigenvalue weighted by Gasteiger charge is 2.12. The van der Waals surface area contributed by atoms with Crippen molar-refractivity contribution in [1.29, 1.82) is 0 Å². The van der Waals surface area contributed by atoms with E-state index in [1.807, 2.05) is 48.7 Å². The van der Waals surface area contributed by atoms with E-state index < -0.39 is 0 Å². The van der Waals surface area contributed by atoms with Crippen LogP contribution in [-0.4, -0.2) is 10.9 Å². The van der Waals surface area contributed by atoms with E-state index in [0.717, 1.165) is 31.1 Å². The van der Waals surface area contributed by atoms with Crippen molar-refractivity contribution in [2.45, 2.75) is 6.42 Å². The fourth-order valence-electron chi connectivity index (χ4n) is 2.25. The van der Waals surface area contributed by atoms with Crippen molar-refractivity contribution in [3.63, 3.8) is 0 Å². The lowest BCUT2D eigenvalue weighted by atomic mass is 10.1. The maximum absolute atomic E-state index is 12.3. The zero-order chi connectivity index (χ0) is 14.8. The maximum Gasteiger partial charge on any atom is 0.228 e. The first-order valence-electron chi connectivity index (χ1n) is 6.44. The van der Waals surface area contributed by atoms with Crippen LogP contribution in [0.5, 0.6) is 0 Å². The Hall–Kier alpha value is -1.59. The molecule has 1 aromatic heterocycles. The summed E-state index contributed by atoms with van der Waals surface area (Å²) in [6.07, 6.45) is 2.22. The number of carbonyl (C=O) groups is 1. The molecule has 0 bridgehead atoms. The number of H-pyrrole nitrogens is 1. The summed E-state index contributed by atoms with van der Waals surface area (Å²) < 4.78 is 1.70. The van der Waals surface area contributed by atoms with Crippen LogP contribution in [0.2, 0.25) is 0 Å². The summed E-state index contributed by atoms with van der Waals surface area (Å²) in [7, 11) is 0. The van der Waals surface area contributed by atoms with Crippen molar-refractivity contribution in [2.24, 2.45) is 0 Å². The van der Waals surface area contributed by atoms with E-state index in [-0.39, 0.29) is 5.91 Å². The molecule has 2 N–H and O–H groups in total. The maximum atomic E-state index is 12.3. The first-order valence-corrected chi connectivity index (χ1v) is 8.02. The molecule has 3 rings (SSSR count). The van der Waals surface area contributed by atoms with Crippen LogP contribution >= 0.6 is 31.9 Å². The van der Waals surface area contributed by atoms with Gasteiger partial charge in [0.1, 0.15) is 0 Å². The lowest BCUT2D eigenvalue weighted by Gasteiger charge is -2.09. The number of fused-ring (bicyclic) bond motifs is 1. The average molecular weight is 408 g/mol. The molecular formula is C16H12Br2N2O. The van der Waals surface area contributed by atoms with Crippen LogP contribution in [-0.2, 0) is 11.2 Å². The predicted octanol–water partition coefficient (Wildman–Crippen LogP) is 4.87. The summed E-state index contributed by atoms with van der Waals surface area (Å²) in [5, 5.41) is 4.02. The number of anilines is 1. The molecule has 3 aromatic rings. The van der Waals surface area contributed by atoms with E-state index in [0.29, 0.717) is 6.42 Å². The molecule has 0 unspecified atom stereocenters. The minimum absolute atomic E-state index is 0.0487. The van der Waals surface area contributed by atoms with Gasteiger partial charge in [0.05, 0.1) is 12.1 Å². The van der Waals surface area contributed by atoms with Crippen molar-refractivity contribution < 1.29 is 4.79 Å². The Labute approximate surface area is 139 Å². The molecule has 1 heterocycles. The zero-order valence-electron chi connectivity index (χ0n) is 11.0. The quantitative estimate of drug-likeness (QED) is 0.638. The van der Waals surface area contributed by atoms with Crippen LogP contribution < -0.4 is 5.32 Å². The Kier molecular flexibility index (Phi) is 4.12. The lowest BCUT2D eigenvalue weighted by Crippen LogP contribution is -2.15. The number of benzene rings is 2. The van der Waals surface area contributed by atoms with Crippen molar-refractivity contribution >= 4 is 54.4 Å². The van der Waals surface area contributed by atoms with E-state index in [9.17, 15) is 4.79 Å². The highest BCUT2D eigenvalue weighted by atomic mass is 79.9. The van der Waals surface area contributed by atoms with Crippen molar-refractivity contribution in [3.05, 3.63) is 63.2 Å². The Morgan fingerprint density at radius 2 is 1.76 bits per heavy atom. The number of aromatic amines is 1. The van der Waals surface area contributed by atoms with Gasteiger partial charge >= 0.3 is 0 Å². The second-order valence-electron chi connectivity index (χ2n) is 4.68. The van der Waals surface area contributed by atoms with Gasteiger partial charge in [0.2, 0.25) is 5.91 Å². The van der Waals surface area contributed by atoms with Gasteiger partial charge in [-0.1, -0.05) is 24.3 Å². The molecule has 0 aliphatic carbocycles. The third-order valence-electron chi connectivity index (χ3n) is 3.25. The number of nitrogens with one attached hydrogen (secondary N) is 2. The van der Waals surface area contributed by atoms with Gasteiger partial charge in [0.15, 0.2) is 0 Å². The molecule has 5 heteroatoms. The highest BCUT2D eigenvalue weighted by Crippen LogP contribution is 2.30. The molecule has 3 nitrogen and oxygen atoms in total. The fraction of sp³-hybridized carbons (Fsp3) is 0.0625. The van der Waals surface area contributed by atoms with Gasteiger partial charge in [-0.05, 0) is 55.6 Å². The van der Waals surface area contributed by atoms with Crippen molar-refractivity contribution in [2.75, 3.05) is 5.32 Å². The molecule has 21 heavy (non-hydrogen) atoms. The van der Waals surface area contributed by atoms with Crippen LogP contribution in [0.3, 0.4) is 0 Å². The molecule has 2 aromatic carbocycles. The molecule has 0 radical (unpaired) electrons. The first kappa shape index (κ1) is 14.4. The van der Waals surface area contributed by atoms with E-state index >= 15 is 0 Å². The van der Waals surface area contributed by atoms with Crippen LogP contribution in [0.4, 0.5) is 5.69 Å². The number of halogens is 2. The van der Waals surface area contributed by atoms with Gasteiger partial charge in [-0.25, -0.2) is 0 Å². The smallest absolute Gasteiger partial charge is 0.228 e. The van der Waals surface area contributed by atoms with Crippen LogP contribution in [0, 0.1) is 0 Å². The highest BCUT2D eigenvalue weighted by molar-refractivity contribution is 9.11. The Morgan fingerprint density at radius 3 is 2.52 bits per heavy atom. The van der Waals surface area contributed by atoms with Crippen molar-refractivity contribution in [3.8, 4) is 0 Å². The zero-order valence-corrected chi connectivity index (χ0v) is 14.2. The van der Waals surface area contributed by atoms with Gasteiger partial charge in [-0.3, -0.25) is 4.79 Å². The minimum Gasteiger partial charge on any atom is -0.361 e. The summed E-state index contributed by atoms with van der Waals surface area (Å²) >= 11 is 6.88. The molecule has 0 fully saturated rings. The van der Waals surface area contributed by atoms with Gasteiger partial charge in [-0.15, -0.1) is 0 Å². The standard InChI is InChI=1S/C16H12Br2N2O/c17-12-5-3-6-13(18)16(12)20-15(21)8-10-9-19-14-7-2-1-4-11(10)14/h1-7,9,19H,8H2,(H,20,21). The fourth-order valence-corrected chi connectivity index (χ4v) is 3.45. The summed E-state index contributed by atoms with van der Waals surface area (Å²) in [5.74, 6) is -0.0487. The van der Waals surface area contributed by atoms with Gasteiger partial charge in [0.25, 0.3) is 0 Å². The molecule has 0 aliphatic rings. The number of carbonyl (C=O) groups excluding carboxylic acids is 1. The summed E-state index contributed by atoms with van der Waals surface area (Å²) in [5.41, 5.74) is 2.79. The average Bonchev–Trinajstić information content (AvgIpc) is 2.87. The second kappa shape index (κ2) is 6.03. The van der Waals surface area contributed by atoms with Crippen LogP contribution in [0.25, 0.3) is 10.9 Å². The van der Waals surface area contributed by atoms with E-state index in [1.54, 1.807) is 0 Å². The minimum atomic E-state index is -0.0487.